The predicted octanol–water partition coefficient (Wildman–Crippen LogP) is 1.92. The van der Waals surface area contributed by atoms with E-state index in [-0.39, 0.29) is 17.3 Å². The third-order valence-electron chi connectivity index (χ3n) is 4.56. The van der Waals surface area contributed by atoms with Crippen LogP contribution < -0.4 is 10.9 Å². The summed E-state index contributed by atoms with van der Waals surface area (Å²) in [6.45, 7) is 2.59. The van der Waals surface area contributed by atoms with E-state index >= 15 is 0 Å². The van der Waals surface area contributed by atoms with E-state index in [0.717, 1.165) is 12.8 Å². The molecule has 1 N–H and O–H groups in total. The Morgan fingerprint density at radius 3 is 2.80 bits per heavy atom. The second-order valence-corrected chi connectivity index (χ2v) is 6.45. The Bertz CT molecular complexity index is 825. The number of pyridine rings is 1. The van der Waals surface area contributed by atoms with E-state index in [1.807, 2.05) is 6.07 Å². The zero-order chi connectivity index (χ0) is 18.0. The van der Waals surface area contributed by atoms with Gasteiger partial charge in [-0.1, -0.05) is 6.92 Å². The molecule has 2 aromatic rings. The summed E-state index contributed by atoms with van der Waals surface area (Å²) in [7, 11) is 1.58. The number of likely N-dealkylation sites (tertiary alicyclic amines) is 1. The summed E-state index contributed by atoms with van der Waals surface area (Å²) < 4.78 is 6.80. The molecule has 0 aromatic carbocycles. The van der Waals surface area contributed by atoms with E-state index in [2.05, 4.69) is 12.2 Å². The summed E-state index contributed by atoms with van der Waals surface area (Å²) in [5, 5.41) is 2.43. The second-order valence-electron chi connectivity index (χ2n) is 6.45. The van der Waals surface area contributed by atoms with Gasteiger partial charge in [-0.2, -0.15) is 0 Å². The van der Waals surface area contributed by atoms with Gasteiger partial charge in [-0.25, -0.2) is 0 Å². The molecule has 1 aliphatic heterocycles. The van der Waals surface area contributed by atoms with Crippen molar-refractivity contribution in [2.75, 3.05) is 11.9 Å². The minimum Gasteiger partial charge on any atom is -0.467 e. The first-order valence-electron chi connectivity index (χ1n) is 8.28. The average molecular weight is 343 g/mol. The van der Waals surface area contributed by atoms with Gasteiger partial charge in [-0.3, -0.25) is 14.4 Å². The first-order chi connectivity index (χ1) is 12.0. The highest BCUT2D eigenvalue weighted by Gasteiger charge is 2.35. The van der Waals surface area contributed by atoms with Gasteiger partial charge in [-0.15, -0.1) is 0 Å². The molecule has 2 amide bonds. The fraction of sp³-hybridized carbons (Fsp3) is 0.389. The number of nitrogens with zero attached hydrogens (tertiary/aromatic N) is 2. The van der Waals surface area contributed by atoms with E-state index in [0.29, 0.717) is 18.2 Å². The van der Waals surface area contributed by atoms with Gasteiger partial charge >= 0.3 is 11.8 Å². The van der Waals surface area contributed by atoms with Crippen LogP contribution in [0.3, 0.4) is 0 Å². The lowest BCUT2D eigenvalue weighted by Crippen LogP contribution is -2.46. The number of furan rings is 1. The van der Waals surface area contributed by atoms with Crippen molar-refractivity contribution < 1.29 is 14.0 Å². The van der Waals surface area contributed by atoms with Crippen molar-refractivity contribution in [3.05, 3.63) is 52.8 Å². The van der Waals surface area contributed by atoms with Crippen LogP contribution in [0.25, 0.3) is 0 Å². The van der Waals surface area contributed by atoms with Crippen molar-refractivity contribution in [1.82, 2.24) is 9.47 Å². The number of anilines is 1. The quantitative estimate of drug-likeness (QED) is 0.844. The number of hydrogen-bond acceptors (Lipinski definition) is 4. The maximum Gasteiger partial charge on any atom is 0.314 e. The van der Waals surface area contributed by atoms with Crippen molar-refractivity contribution in [3.63, 3.8) is 0 Å². The molecule has 1 aliphatic rings. The van der Waals surface area contributed by atoms with Crippen LogP contribution in [0.15, 0.2) is 45.9 Å². The van der Waals surface area contributed by atoms with Gasteiger partial charge in [-0.05, 0) is 43.0 Å². The van der Waals surface area contributed by atoms with Crippen LogP contribution in [-0.4, -0.2) is 27.8 Å². The van der Waals surface area contributed by atoms with Gasteiger partial charge in [0.15, 0.2) is 0 Å². The maximum atomic E-state index is 12.7. The van der Waals surface area contributed by atoms with E-state index in [4.69, 9.17) is 4.42 Å². The number of amides is 2. The minimum absolute atomic E-state index is 0.0864. The third kappa shape index (κ3) is 3.50. The van der Waals surface area contributed by atoms with Crippen LogP contribution in [0.2, 0.25) is 0 Å². The van der Waals surface area contributed by atoms with E-state index in [9.17, 15) is 14.4 Å². The molecule has 0 aliphatic carbocycles. The van der Waals surface area contributed by atoms with Crippen molar-refractivity contribution >= 4 is 17.5 Å². The lowest BCUT2D eigenvalue weighted by Gasteiger charge is -2.36. The van der Waals surface area contributed by atoms with Crippen molar-refractivity contribution in [1.29, 1.82) is 0 Å². The monoisotopic (exact) mass is 343 g/mol. The molecular weight excluding hydrogens is 322 g/mol. The number of aryl methyl sites for hydroxylation is 1. The second kappa shape index (κ2) is 6.96. The smallest absolute Gasteiger partial charge is 0.314 e. The standard InChI is InChI=1S/C18H21N3O4/c1-12-7-9-21(14(11-12)15-6-4-10-25-15)18(24)16(22)19-13-5-3-8-20(2)17(13)23/h3-6,8,10,12,14H,7,9,11H2,1-2H3,(H,19,22)/t12-,14-/m1/s1. The SMILES string of the molecule is C[C@@H]1CCN(C(=O)C(=O)Nc2cccn(C)c2=O)[C@@H](c2ccco2)C1. The summed E-state index contributed by atoms with van der Waals surface area (Å²) in [5.74, 6) is -0.361. The van der Waals surface area contributed by atoms with Gasteiger partial charge in [0.05, 0.1) is 12.3 Å². The van der Waals surface area contributed by atoms with Crippen LogP contribution in [0.5, 0.6) is 0 Å². The summed E-state index contributed by atoms with van der Waals surface area (Å²) in [5.41, 5.74) is -0.276. The summed E-state index contributed by atoms with van der Waals surface area (Å²) in [6.07, 6.45) is 4.70. The van der Waals surface area contributed by atoms with Gasteiger partial charge < -0.3 is 19.2 Å². The summed E-state index contributed by atoms with van der Waals surface area (Å²) >= 11 is 0. The number of rotatable bonds is 2. The first kappa shape index (κ1) is 17.0. The topological polar surface area (TPSA) is 84.5 Å². The molecular formula is C18H21N3O4. The van der Waals surface area contributed by atoms with E-state index in [1.165, 1.54) is 15.5 Å². The number of nitrogens with one attached hydrogen (secondary N) is 1. The van der Waals surface area contributed by atoms with Crippen LogP contribution in [0, 0.1) is 5.92 Å². The summed E-state index contributed by atoms with van der Waals surface area (Å²) in [6, 6.07) is 6.43. The first-order valence-corrected chi connectivity index (χ1v) is 8.28. The largest absolute Gasteiger partial charge is 0.467 e. The van der Waals surface area contributed by atoms with Gasteiger partial charge in [0.25, 0.3) is 5.56 Å². The Hall–Kier alpha value is -2.83. The molecule has 3 heterocycles. The Balaban J connectivity index is 1.79. The van der Waals surface area contributed by atoms with Crippen LogP contribution in [-0.2, 0) is 16.6 Å². The number of carbonyl (C=O) groups is 2. The highest BCUT2D eigenvalue weighted by atomic mass is 16.3. The van der Waals surface area contributed by atoms with Crippen LogP contribution in [0.4, 0.5) is 5.69 Å². The number of aromatic nitrogens is 1. The Morgan fingerprint density at radius 1 is 1.28 bits per heavy atom. The molecule has 2 atom stereocenters. The van der Waals surface area contributed by atoms with Crippen LogP contribution >= 0.6 is 0 Å². The van der Waals surface area contributed by atoms with E-state index in [1.54, 1.807) is 31.6 Å². The molecule has 1 fully saturated rings. The van der Waals surface area contributed by atoms with Gasteiger partial charge in [0.2, 0.25) is 0 Å². The molecule has 25 heavy (non-hydrogen) atoms. The average Bonchev–Trinajstić information content (AvgIpc) is 3.12. The van der Waals surface area contributed by atoms with E-state index < -0.39 is 11.8 Å². The molecule has 7 heteroatoms. The molecule has 0 radical (unpaired) electrons. The lowest BCUT2D eigenvalue weighted by molar-refractivity contribution is -0.146. The highest BCUT2D eigenvalue weighted by Crippen LogP contribution is 2.34. The predicted molar refractivity (Wildman–Crippen MR) is 91.9 cm³/mol. The maximum absolute atomic E-state index is 12.7. The lowest BCUT2D eigenvalue weighted by atomic mass is 9.91. The molecule has 2 aromatic heterocycles. The Kier molecular flexibility index (Phi) is 4.74. The molecule has 1 saturated heterocycles. The van der Waals surface area contributed by atoms with Crippen LogP contribution in [0.1, 0.15) is 31.6 Å². The Labute approximate surface area is 145 Å². The number of piperidine rings is 1. The molecule has 132 valence electrons. The number of carbonyl (C=O) groups excluding carboxylic acids is 2. The molecule has 0 unspecified atom stereocenters. The molecule has 0 bridgehead atoms. The van der Waals surface area contributed by atoms with Crippen molar-refractivity contribution in [3.8, 4) is 0 Å². The summed E-state index contributed by atoms with van der Waals surface area (Å²) in [4.78, 5) is 38.6. The zero-order valence-electron chi connectivity index (χ0n) is 14.3. The molecule has 7 nitrogen and oxygen atoms in total. The minimum atomic E-state index is -0.811. The van der Waals surface area contributed by atoms with Crippen molar-refractivity contribution in [2.45, 2.75) is 25.8 Å². The molecule has 3 rings (SSSR count). The normalized spacial score (nSPS) is 20.3. The fourth-order valence-electron chi connectivity index (χ4n) is 3.13. The zero-order valence-corrected chi connectivity index (χ0v) is 14.3. The van der Waals surface area contributed by atoms with Gasteiger partial charge in [0, 0.05) is 19.8 Å². The number of hydrogen-bond donors (Lipinski definition) is 1. The Morgan fingerprint density at radius 2 is 2.08 bits per heavy atom. The van der Waals surface area contributed by atoms with Gasteiger partial charge in [0.1, 0.15) is 11.4 Å². The molecule has 0 saturated carbocycles. The third-order valence-corrected chi connectivity index (χ3v) is 4.56. The fourth-order valence-corrected chi connectivity index (χ4v) is 3.13. The van der Waals surface area contributed by atoms with Crippen molar-refractivity contribution in [2.24, 2.45) is 13.0 Å². The highest BCUT2D eigenvalue weighted by molar-refractivity contribution is 6.39. The molecule has 0 spiro atoms.